The largest absolute Gasteiger partial charge is 0.358 e. The molecule has 0 spiro atoms. The monoisotopic (exact) mass is 410 g/mol. The Balaban J connectivity index is 1.71. The summed E-state index contributed by atoms with van der Waals surface area (Å²) in [7, 11) is 0. The molecule has 164 valence electrons. The second-order valence-electron chi connectivity index (χ2n) is 9.14. The van der Waals surface area contributed by atoms with E-state index in [0.29, 0.717) is 12.0 Å². The average molecular weight is 411 g/mol. The van der Waals surface area contributed by atoms with Crippen LogP contribution in [0.3, 0.4) is 0 Å². The van der Waals surface area contributed by atoms with E-state index in [1.165, 1.54) is 33.3 Å². The van der Waals surface area contributed by atoms with Gasteiger partial charge in [-0.1, -0.05) is 19.9 Å². The van der Waals surface area contributed by atoms with Crippen molar-refractivity contribution in [1.29, 1.82) is 0 Å². The molecule has 1 fully saturated rings. The van der Waals surface area contributed by atoms with Gasteiger partial charge in [0, 0.05) is 54.2 Å². The molecule has 0 radical (unpaired) electrons. The summed E-state index contributed by atoms with van der Waals surface area (Å²) in [5, 5.41) is 4.83. The van der Waals surface area contributed by atoms with Crippen LogP contribution in [0.5, 0.6) is 0 Å². The normalized spacial score (nSPS) is 23.4. The summed E-state index contributed by atoms with van der Waals surface area (Å²) in [6.45, 7) is 14.4. The maximum atomic E-state index is 12.8. The van der Waals surface area contributed by atoms with Gasteiger partial charge in [-0.25, -0.2) is 4.79 Å². The highest BCUT2D eigenvalue weighted by molar-refractivity contribution is 5.90. The highest BCUT2D eigenvalue weighted by Gasteiger charge is 2.41. The summed E-state index contributed by atoms with van der Waals surface area (Å²) in [5.74, 6) is 0.475. The summed E-state index contributed by atoms with van der Waals surface area (Å²) < 4.78 is 0. The van der Waals surface area contributed by atoms with E-state index in [1.807, 2.05) is 18.7 Å². The summed E-state index contributed by atoms with van der Waals surface area (Å²) in [6.07, 6.45) is 4.35. The minimum Gasteiger partial charge on any atom is -0.358 e. The fraction of sp³-hybridized carbons (Fsp3) is 0.640. The molecule has 1 aromatic heterocycles. The molecular formula is C25H38N4O. The predicted octanol–water partition coefficient (Wildman–Crippen LogP) is 4.58. The lowest BCUT2D eigenvalue weighted by molar-refractivity contribution is 0.0978. The Labute approximate surface area is 181 Å². The van der Waals surface area contributed by atoms with Crippen molar-refractivity contribution < 1.29 is 4.79 Å². The van der Waals surface area contributed by atoms with Crippen LogP contribution in [0.25, 0.3) is 10.9 Å². The van der Waals surface area contributed by atoms with Crippen LogP contribution in [0.4, 0.5) is 4.79 Å². The third-order valence-electron chi connectivity index (χ3n) is 7.25. The number of hydrogen-bond donors (Lipinski definition) is 2. The molecule has 1 aliphatic carbocycles. The number of piperidine rings is 1. The van der Waals surface area contributed by atoms with Gasteiger partial charge in [0.05, 0.1) is 0 Å². The Bertz CT molecular complexity index is 913. The molecule has 3 atom stereocenters. The number of aromatic amines is 1. The molecule has 1 unspecified atom stereocenters. The lowest BCUT2D eigenvalue weighted by Gasteiger charge is -2.47. The zero-order valence-corrected chi connectivity index (χ0v) is 19.3. The zero-order valence-electron chi connectivity index (χ0n) is 19.3. The summed E-state index contributed by atoms with van der Waals surface area (Å²) in [6, 6.07) is 5.53. The van der Waals surface area contributed by atoms with Crippen LogP contribution in [-0.4, -0.2) is 59.1 Å². The first-order valence-electron chi connectivity index (χ1n) is 11.9. The molecule has 4 rings (SSSR count). The van der Waals surface area contributed by atoms with Crippen LogP contribution in [0.15, 0.2) is 12.1 Å². The van der Waals surface area contributed by atoms with Crippen molar-refractivity contribution in [3.05, 3.63) is 34.5 Å². The van der Waals surface area contributed by atoms with Gasteiger partial charge in [0.2, 0.25) is 0 Å². The van der Waals surface area contributed by atoms with E-state index < -0.39 is 0 Å². The number of carbonyl (C=O) groups excluding carboxylic acids is 1. The first kappa shape index (κ1) is 21.2. The Hall–Kier alpha value is -2.01. The number of aromatic nitrogens is 1. The number of benzene rings is 1. The van der Waals surface area contributed by atoms with Crippen molar-refractivity contribution in [2.45, 2.75) is 78.3 Å². The van der Waals surface area contributed by atoms with Gasteiger partial charge in [-0.3, -0.25) is 4.90 Å². The standard InChI is InChI=1S/C25H38N4O/c1-6-10-29-15-17(26-25(30)28(8-3)9-4)13-18-19-11-16(5)12-22-24(19)20(14-23(18)29)21(7-2)27-22/h11-12,17-18,23,27H,6-10,13-15H2,1-5H3,(H,26,30)/t17-,18?,23+/m0/s1. The first-order chi connectivity index (χ1) is 14.5. The van der Waals surface area contributed by atoms with Crippen molar-refractivity contribution in [2.75, 3.05) is 26.2 Å². The number of hydrogen-bond acceptors (Lipinski definition) is 2. The Kier molecular flexibility index (Phi) is 6.10. The Morgan fingerprint density at radius 1 is 1.23 bits per heavy atom. The summed E-state index contributed by atoms with van der Waals surface area (Å²) >= 11 is 0. The molecule has 1 aromatic carbocycles. The molecule has 0 bridgehead atoms. The maximum Gasteiger partial charge on any atom is 0.317 e. The summed E-state index contributed by atoms with van der Waals surface area (Å²) in [4.78, 5) is 21.0. The van der Waals surface area contributed by atoms with Gasteiger partial charge >= 0.3 is 6.03 Å². The Morgan fingerprint density at radius 2 is 2.00 bits per heavy atom. The predicted molar refractivity (Wildman–Crippen MR) is 124 cm³/mol. The lowest BCUT2D eigenvalue weighted by atomic mass is 9.73. The fourth-order valence-corrected chi connectivity index (χ4v) is 5.91. The van der Waals surface area contributed by atoms with E-state index in [9.17, 15) is 4.79 Å². The van der Waals surface area contributed by atoms with E-state index in [4.69, 9.17) is 0 Å². The van der Waals surface area contributed by atoms with E-state index in [1.54, 1.807) is 0 Å². The van der Waals surface area contributed by atoms with Crippen LogP contribution in [0, 0.1) is 6.92 Å². The quantitative estimate of drug-likeness (QED) is 0.732. The fourth-order valence-electron chi connectivity index (χ4n) is 5.91. The van der Waals surface area contributed by atoms with Gasteiger partial charge < -0.3 is 15.2 Å². The van der Waals surface area contributed by atoms with Crippen molar-refractivity contribution in [3.8, 4) is 0 Å². The van der Waals surface area contributed by atoms with E-state index in [-0.39, 0.29) is 12.1 Å². The average Bonchev–Trinajstić information content (AvgIpc) is 3.07. The van der Waals surface area contributed by atoms with Crippen molar-refractivity contribution in [1.82, 2.24) is 20.1 Å². The number of likely N-dealkylation sites (tertiary alicyclic amines) is 1. The number of fused-ring (bicyclic) bond motifs is 2. The molecule has 2 amide bonds. The first-order valence-corrected chi connectivity index (χ1v) is 11.9. The molecule has 2 N–H and O–H groups in total. The van der Waals surface area contributed by atoms with Crippen LogP contribution < -0.4 is 5.32 Å². The summed E-state index contributed by atoms with van der Waals surface area (Å²) in [5.41, 5.74) is 7.06. The van der Waals surface area contributed by atoms with Gasteiger partial charge in [-0.05, 0) is 75.8 Å². The Morgan fingerprint density at radius 3 is 2.67 bits per heavy atom. The van der Waals surface area contributed by atoms with Crippen LogP contribution in [-0.2, 0) is 12.8 Å². The second-order valence-corrected chi connectivity index (χ2v) is 9.14. The number of H-pyrrole nitrogens is 1. The number of aryl methyl sites for hydroxylation is 2. The van der Waals surface area contributed by atoms with Crippen LogP contribution in [0.1, 0.15) is 68.8 Å². The van der Waals surface area contributed by atoms with Gasteiger partial charge in [0.1, 0.15) is 0 Å². The topological polar surface area (TPSA) is 51.4 Å². The smallest absolute Gasteiger partial charge is 0.317 e. The highest BCUT2D eigenvalue weighted by Crippen LogP contribution is 2.45. The number of urea groups is 1. The number of nitrogens with zero attached hydrogens (tertiary/aromatic N) is 2. The minimum atomic E-state index is 0.0840. The molecule has 2 aliphatic rings. The van der Waals surface area contributed by atoms with E-state index in [2.05, 4.69) is 48.1 Å². The number of nitrogens with one attached hydrogen (secondary N) is 2. The molecule has 1 aliphatic heterocycles. The van der Waals surface area contributed by atoms with Crippen molar-refractivity contribution >= 4 is 16.9 Å². The van der Waals surface area contributed by atoms with E-state index in [0.717, 1.165) is 51.9 Å². The third-order valence-corrected chi connectivity index (χ3v) is 7.25. The SMILES string of the molecule is CCCN1C[C@@H](NC(=O)N(CC)CC)CC2c3cc(C)cc4[nH]c(CC)c(c34)C[C@H]21. The zero-order chi connectivity index (χ0) is 21.4. The molecule has 2 aromatic rings. The molecular weight excluding hydrogens is 372 g/mol. The van der Waals surface area contributed by atoms with E-state index >= 15 is 0 Å². The number of rotatable bonds is 6. The molecule has 30 heavy (non-hydrogen) atoms. The third kappa shape index (κ3) is 3.62. The molecule has 1 saturated heterocycles. The molecule has 5 heteroatoms. The van der Waals surface area contributed by atoms with Gasteiger partial charge in [-0.15, -0.1) is 0 Å². The van der Waals surface area contributed by atoms with Gasteiger partial charge in [0.15, 0.2) is 0 Å². The molecule has 2 heterocycles. The molecule has 5 nitrogen and oxygen atoms in total. The number of carbonyl (C=O) groups is 1. The minimum absolute atomic E-state index is 0.0840. The maximum absolute atomic E-state index is 12.8. The van der Waals surface area contributed by atoms with Gasteiger partial charge in [0.25, 0.3) is 0 Å². The van der Waals surface area contributed by atoms with Crippen LogP contribution in [0.2, 0.25) is 0 Å². The highest BCUT2D eigenvalue weighted by atomic mass is 16.2. The van der Waals surface area contributed by atoms with Crippen LogP contribution >= 0.6 is 0 Å². The lowest BCUT2D eigenvalue weighted by Crippen LogP contribution is -2.58. The van der Waals surface area contributed by atoms with Gasteiger partial charge in [-0.2, -0.15) is 0 Å². The van der Waals surface area contributed by atoms with Crippen molar-refractivity contribution in [3.63, 3.8) is 0 Å². The molecule has 0 saturated carbocycles. The number of amides is 2. The second kappa shape index (κ2) is 8.62. The van der Waals surface area contributed by atoms with Crippen molar-refractivity contribution in [2.24, 2.45) is 0 Å².